The van der Waals surface area contributed by atoms with Gasteiger partial charge >= 0.3 is 0 Å². The monoisotopic (exact) mass is 253 g/mol. The lowest BCUT2D eigenvalue weighted by molar-refractivity contribution is -0.394. The predicted octanol–water partition coefficient (Wildman–Crippen LogP) is 1.88. The molecule has 0 saturated heterocycles. The number of nitro groups is 2. The van der Waals surface area contributed by atoms with Gasteiger partial charge < -0.3 is 4.90 Å². The summed E-state index contributed by atoms with van der Waals surface area (Å²) in [6.07, 6.45) is 0. The standard InChI is InChI=1S/C10H11N3O5/c1-3-11(7(2)14)8-4-9(12(15)16)6-10(5-8)13(17)18/h4-6H,3H2,1-2H3. The molecule has 0 fully saturated rings. The molecular weight excluding hydrogens is 242 g/mol. The molecule has 0 heterocycles. The van der Waals surface area contributed by atoms with E-state index >= 15 is 0 Å². The van der Waals surface area contributed by atoms with Crippen LogP contribution >= 0.6 is 0 Å². The van der Waals surface area contributed by atoms with Gasteiger partial charge in [0.2, 0.25) is 5.91 Å². The van der Waals surface area contributed by atoms with Crippen molar-refractivity contribution in [2.24, 2.45) is 0 Å². The molecule has 0 aliphatic rings. The first kappa shape index (κ1) is 13.6. The molecule has 0 aliphatic carbocycles. The molecule has 0 spiro atoms. The Morgan fingerprint density at radius 3 is 1.89 bits per heavy atom. The molecule has 1 aromatic rings. The minimum atomic E-state index is -0.732. The number of carbonyl (C=O) groups excluding carboxylic acids is 1. The van der Waals surface area contributed by atoms with Crippen LogP contribution in [0.3, 0.4) is 0 Å². The van der Waals surface area contributed by atoms with Crippen LogP contribution in [0.1, 0.15) is 13.8 Å². The number of carbonyl (C=O) groups is 1. The van der Waals surface area contributed by atoms with E-state index in [9.17, 15) is 25.0 Å². The normalized spacial score (nSPS) is 9.89. The summed E-state index contributed by atoms with van der Waals surface area (Å²) in [7, 11) is 0. The van der Waals surface area contributed by atoms with Crippen molar-refractivity contribution in [3.8, 4) is 0 Å². The van der Waals surface area contributed by atoms with Crippen LogP contribution in [-0.2, 0) is 4.79 Å². The first-order chi connectivity index (χ1) is 8.36. The van der Waals surface area contributed by atoms with Crippen molar-refractivity contribution in [3.05, 3.63) is 38.4 Å². The Kier molecular flexibility index (Phi) is 3.93. The maximum absolute atomic E-state index is 11.3. The number of amides is 1. The number of hydrogen-bond acceptors (Lipinski definition) is 5. The van der Waals surface area contributed by atoms with E-state index in [-0.39, 0.29) is 18.1 Å². The van der Waals surface area contributed by atoms with Gasteiger partial charge in [-0.2, -0.15) is 0 Å². The molecule has 0 N–H and O–H groups in total. The van der Waals surface area contributed by atoms with Crippen molar-refractivity contribution in [1.29, 1.82) is 0 Å². The Morgan fingerprint density at radius 1 is 1.17 bits per heavy atom. The first-order valence-corrected chi connectivity index (χ1v) is 5.08. The number of non-ortho nitro benzene ring substituents is 2. The molecule has 1 amide bonds. The minimum Gasteiger partial charge on any atom is -0.312 e. The zero-order valence-corrected chi connectivity index (χ0v) is 9.82. The summed E-state index contributed by atoms with van der Waals surface area (Å²) in [6.45, 7) is 3.23. The molecular formula is C10H11N3O5. The Balaban J connectivity index is 3.39. The number of rotatable bonds is 4. The van der Waals surface area contributed by atoms with Gasteiger partial charge in [0, 0.05) is 25.6 Å². The van der Waals surface area contributed by atoms with E-state index in [2.05, 4.69) is 0 Å². The van der Waals surface area contributed by atoms with Gasteiger partial charge in [-0.3, -0.25) is 25.0 Å². The van der Waals surface area contributed by atoms with Gasteiger partial charge in [0.1, 0.15) is 0 Å². The Hall–Kier alpha value is -2.51. The summed E-state index contributed by atoms with van der Waals surface area (Å²) in [5, 5.41) is 21.4. The SMILES string of the molecule is CCN(C(C)=O)c1cc([N+](=O)[O-])cc([N+](=O)[O-])c1. The highest BCUT2D eigenvalue weighted by molar-refractivity contribution is 5.92. The third-order valence-corrected chi connectivity index (χ3v) is 2.32. The number of nitrogens with zero attached hydrogens (tertiary/aromatic N) is 3. The fraction of sp³-hybridized carbons (Fsp3) is 0.300. The summed E-state index contributed by atoms with van der Waals surface area (Å²) < 4.78 is 0. The lowest BCUT2D eigenvalue weighted by Gasteiger charge is -2.18. The Labute approximate surface area is 102 Å². The van der Waals surface area contributed by atoms with Crippen LogP contribution in [0, 0.1) is 20.2 Å². The fourth-order valence-corrected chi connectivity index (χ4v) is 1.53. The molecule has 8 heteroatoms. The van der Waals surface area contributed by atoms with E-state index in [0.717, 1.165) is 18.2 Å². The molecule has 8 nitrogen and oxygen atoms in total. The molecule has 1 rings (SSSR count). The molecule has 0 radical (unpaired) electrons. The van der Waals surface area contributed by atoms with Gasteiger partial charge in [0.25, 0.3) is 11.4 Å². The summed E-state index contributed by atoms with van der Waals surface area (Å²) >= 11 is 0. The average Bonchev–Trinajstić information content (AvgIpc) is 2.28. The number of nitro benzene ring substituents is 2. The van der Waals surface area contributed by atoms with Crippen molar-refractivity contribution in [2.75, 3.05) is 11.4 Å². The number of benzene rings is 1. The highest BCUT2D eigenvalue weighted by atomic mass is 16.6. The van der Waals surface area contributed by atoms with Crippen LogP contribution in [0.4, 0.5) is 17.1 Å². The van der Waals surface area contributed by atoms with Gasteiger partial charge in [-0.15, -0.1) is 0 Å². The van der Waals surface area contributed by atoms with Crippen LogP contribution < -0.4 is 4.90 Å². The second-order valence-electron chi connectivity index (χ2n) is 3.49. The Morgan fingerprint density at radius 2 is 1.61 bits per heavy atom. The minimum absolute atomic E-state index is 0.144. The second kappa shape index (κ2) is 5.21. The van der Waals surface area contributed by atoms with Gasteiger partial charge in [0.15, 0.2) is 0 Å². The van der Waals surface area contributed by atoms with Crippen LogP contribution in [0.25, 0.3) is 0 Å². The molecule has 0 aromatic heterocycles. The van der Waals surface area contributed by atoms with Crippen molar-refractivity contribution in [2.45, 2.75) is 13.8 Å². The lowest BCUT2D eigenvalue weighted by Crippen LogP contribution is -2.27. The van der Waals surface area contributed by atoms with Gasteiger partial charge in [-0.1, -0.05) is 0 Å². The van der Waals surface area contributed by atoms with Gasteiger partial charge in [-0.05, 0) is 6.92 Å². The van der Waals surface area contributed by atoms with E-state index in [1.807, 2.05) is 0 Å². The topological polar surface area (TPSA) is 107 Å². The van der Waals surface area contributed by atoms with Crippen LogP contribution in [0.15, 0.2) is 18.2 Å². The smallest absolute Gasteiger partial charge is 0.278 e. The highest BCUT2D eigenvalue weighted by Gasteiger charge is 2.20. The molecule has 1 aromatic carbocycles. The molecule has 0 aliphatic heterocycles. The Bertz CT molecular complexity index is 482. The van der Waals surface area contributed by atoms with E-state index in [1.54, 1.807) is 6.92 Å². The maximum atomic E-state index is 11.3. The molecule has 18 heavy (non-hydrogen) atoms. The van der Waals surface area contributed by atoms with Crippen molar-refractivity contribution < 1.29 is 14.6 Å². The van der Waals surface area contributed by atoms with Crippen molar-refractivity contribution in [1.82, 2.24) is 0 Å². The summed E-state index contributed by atoms with van der Waals surface area (Å²) in [6, 6.07) is 3.13. The van der Waals surface area contributed by atoms with E-state index < -0.39 is 21.2 Å². The summed E-state index contributed by atoms with van der Waals surface area (Å²) in [5.41, 5.74) is -0.691. The first-order valence-electron chi connectivity index (χ1n) is 5.08. The summed E-state index contributed by atoms with van der Waals surface area (Å²) in [4.78, 5) is 32.5. The molecule has 0 bridgehead atoms. The molecule has 0 saturated carbocycles. The highest BCUT2D eigenvalue weighted by Crippen LogP contribution is 2.28. The quantitative estimate of drug-likeness (QED) is 0.601. The summed E-state index contributed by atoms with van der Waals surface area (Å²) in [5.74, 6) is -0.340. The largest absolute Gasteiger partial charge is 0.312 e. The molecule has 0 atom stereocenters. The maximum Gasteiger partial charge on any atom is 0.278 e. The molecule has 96 valence electrons. The fourth-order valence-electron chi connectivity index (χ4n) is 1.53. The zero-order chi connectivity index (χ0) is 13.9. The third-order valence-electron chi connectivity index (χ3n) is 2.32. The number of anilines is 1. The van der Waals surface area contributed by atoms with E-state index in [0.29, 0.717) is 0 Å². The van der Waals surface area contributed by atoms with E-state index in [4.69, 9.17) is 0 Å². The predicted molar refractivity (Wildman–Crippen MR) is 63.5 cm³/mol. The molecule has 0 unspecified atom stereocenters. The average molecular weight is 253 g/mol. The van der Waals surface area contributed by atoms with Crippen LogP contribution in [-0.4, -0.2) is 22.3 Å². The van der Waals surface area contributed by atoms with Gasteiger partial charge in [-0.25, -0.2) is 0 Å². The van der Waals surface area contributed by atoms with E-state index in [1.165, 1.54) is 11.8 Å². The zero-order valence-electron chi connectivity index (χ0n) is 9.82. The number of hydrogen-bond donors (Lipinski definition) is 0. The second-order valence-corrected chi connectivity index (χ2v) is 3.49. The van der Waals surface area contributed by atoms with Crippen molar-refractivity contribution >= 4 is 23.0 Å². The van der Waals surface area contributed by atoms with Gasteiger partial charge in [0.05, 0.1) is 21.6 Å². The van der Waals surface area contributed by atoms with Crippen molar-refractivity contribution in [3.63, 3.8) is 0 Å². The third kappa shape index (κ3) is 2.78. The van der Waals surface area contributed by atoms with Crippen LogP contribution in [0.2, 0.25) is 0 Å². The lowest BCUT2D eigenvalue weighted by atomic mass is 10.2. The van der Waals surface area contributed by atoms with Crippen LogP contribution in [0.5, 0.6) is 0 Å².